The molecule has 0 heterocycles. The Morgan fingerprint density at radius 3 is 1.27 bits per heavy atom. The number of hydrogen-bond acceptors (Lipinski definition) is 0. The fourth-order valence-corrected chi connectivity index (χ4v) is 1.66. The zero-order chi connectivity index (χ0) is 11.7. The van der Waals surface area contributed by atoms with Crippen LogP contribution in [0.2, 0.25) is 0 Å². The van der Waals surface area contributed by atoms with Crippen molar-refractivity contribution >= 4 is 0 Å². The van der Waals surface area contributed by atoms with Crippen LogP contribution in [0.1, 0.15) is 68.2 Å². The van der Waals surface area contributed by atoms with Crippen LogP contribution in [0.3, 0.4) is 0 Å². The molecule has 0 aliphatic carbocycles. The summed E-state index contributed by atoms with van der Waals surface area (Å²) in [6.45, 7) is 17.7. The second-order valence-corrected chi connectivity index (χ2v) is 4.98. The van der Waals surface area contributed by atoms with Crippen LogP contribution in [0, 0.1) is 23.7 Å². The molecule has 2 unspecified atom stereocenters. The summed E-state index contributed by atoms with van der Waals surface area (Å²) in [6.07, 6.45) is 2.61. The van der Waals surface area contributed by atoms with Crippen LogP contribution in [-0.2, 0) is 19.5 Å². The molecule has 0 nitrogen and oxygen atoms in total. The van der Waals surface area contributed by atoms with Gasteiger partial charge in [0.05, 0.1) is 0 Å². The van der Waals surface area contributed by atoms with Gasteiger partial charge in [0, 0.05) is 0 Å². The van der Waals surface area contributed by atoms with Crippen molar-refractivity contribution in [3.8, 4) is 0 Å². The molecule has 0 spiro atoms. The first-order chi connectivity index (χ1) is 6.36. The monoisotopic (exact) mass is 262 g/mol. The van der Waals surface area contributed by atoms with Crippen molar-refractivity contribution in [3.63, 3.8) is 0 Å². The molecule has 0 bridgehead atoms. The van der Waals surface area contributed by atoms with E-state index in [1.54, 1.807) is 5.92 Å². The van der Waals surface area contributed by atoms with Gasteiger partial charge in [0.25, 0.3) is 0 Å². The first-order valence-electron chi connectivity index (χ1n) is 5.93. The molecule has 0 saturated heterocycles. The molecule has 0 aliphatic rings. The third-order valence-electron chi connectivity index (χ3n) is 2.51. The SMILES string of the molecule is CCC(C)C(CC)[C-](C)C.C[C-](C)C.[Zn+2]. The third-order valence-corrected chi connectivity index (χ3v) is 2.51. The molecule has 0 aromatic rings. The minimum absolute atomic E-state index is 0. The summed E-state index contributed by atoms with van der Waals surface area (Å²) in [6, 6.07) is 0. The Bertz CT molecular complexity index is 105. The van der Waals surface area contributed by atoms with E-state index in [-0.39, 0.29) is 19.5 Å². The molecule has 0 amide bonds. The molecular formula is C14H30Zn. The zero-order valence-electron chi connectivity index (χ0n) is 12.3. The second kappa shape index (κ2) is 12.7. The molecule has 0 N–H and O–H groups in total. The van der Waals surface area contributed by atoms with Crippen LogP contribution in [0.15, 0.2) is 0 Å². The van der Waals surface area contributed by atoms with E-state index in [4.69, 9.17) is 0 Å². The van der Waals surface area contributed by atoms with E-state index in [9.17, 15) is 0 Å². The summed E-state index contributed by atoms with van der Waals surface area (Å²) in [7, 11) is 0. The number of rotatable bonds is 4. The first-order valence-corrected chi connectivity index (χ1v) is 5.93. The summed E-state index contributed by atoms with van der Waals surface area (Å²) in [5, 5.41) is 0. The Balaban J connectivity index is -0.000000249. The van der Waals surface area contributed by atoms with Gasteiger partial charge in [-0.3, -0.25) is 0 Å². The van der Waals surface area contributed by atoms with Gasteiger partial charge in [-0.25, -0.2) is 0 Å². The predicted octanol–water partition coefficient (Wildman–Crippen LogP) is 5.29. The molecule has 2 atom stereocenters. The van der Waals surface area contributed by atoms with E-state index < -0.39 is 0 Å². The van der Waals surface area contributed by atoms with Gasteiger partial charge in [0.2, 0.25) is 0 Å². The Labute approximate surface area is 111 Å². The quantitative estimate of drug-likeness (QED) is 0.477. The van der Waals surface area contributed by atoms with Crippen molar-refractivity contribution in [2.75, 3.05) is 0 Å². The van der Waals surface area contributed by atoms with Crippen molar-refractivity contribution < 1.29 is 19.5 Å². The van der Waals surface area contributed by atoms with Crippen molar-refractivity contribution in [2.24, 2.45) is 11.8 Å². The Morgan fingerprint density at radius 2 is 1.20 bits per heavy atom. The van der Waals surface area contributed by atoms with Gasteiger partial charge < -0.3 is 11.8 Å². The van der Waals surface area contributed by atoms with Gasteiger partial charge in [0.1, 0.15) is 0 Å². The second-order valence-electron chi connectivity index (χ2n) is 4.98. The van der Waals surface area contributed by atoms with E-state index in [1.165, 1.54) is 18.8 Å². The van der Waals surface area contributed by atoms with Crippen LogP contribution in [0.25, 0.3) is 0 Å². The average molecular weight is 264 g/mol. The fourth-order valence-electron chi connectivity index (χ4n) is 1.66. The van der Waals surface area contributed by atoms with Crippen LogP contribution in [-0.4, -0.2) is 0 Å². The summed E-state index contributed by atoms with van der Waals surface area (Å²) >= 11 is 0. The summed E-state index contributed by atoms with van der Waals surface area (Å²) < 4.78 is 0. The topological polar surface area (TPSA) is 0 Å². The van der Waals surface area contributed by atoms with Crippen molar-refractivity contribution in [3.05, 3.63) is 11.8 Å². The minimum atomic E-state index is 0. The van der Waals surface area contributed by atoms with Gasteiger partial charge in [-0.05, 0) is 0 Å². The van der Waals surface area contributed by atoms with Crippen LogP contribution < -0.4 is 0 Å². The van der Waals surface area contributed by atoms with Crippen molar-refractivity contribution in [1.82, 2.24) is 0 Å². The maximum absolute atomic E-state index is 2.35. The van der Waals surface area contributed by atoms with Crippen molar-refractivity contribution in [1.29, 1.82) is 0 Å². The molecule has 0 radical (unpaired) electrons. The largest absolute Gasteiger partial charge is 2.00 e. The average Bonchev–Trinajstić information content (AvgIpc) is 2.03. The molecular weight excluding hydrogens is 234 g/mol. The molecule has 15 heavy (non-hydrogen) atoms. The number of hydrogen-bond donors (Lipinski definition) is 0. The van der Waals surface area contributed by atoms with E-state index in [2.05, 4.69) is 55.4 Å². The van der Waals surface area contributed by atoms with Crippen molar-refractivity contribution in [2.45, 2.75) is 68.2 Å². The predicted molar refractivity (Wildman–Crippen MR) is 68.1 cm³/mol. The maximum atomic E-state index is 2.35. The first kappa shape index (κ1) is 21.0. The molecule has 0 rings (SSSR count). The zero-order valence-corrected chi connectivity index (χ0v) is 15.2. The molecule has 1 heteroatoms. The van der Waals surface area contributed by atoms with Gasteiger partial charge in [-0.15, -0.1) is 0 Å². The summed E-state index contributed by atoms with van der Waals surface area (Å²) in [5.41, 5.74) is 0. The standard InChI is InChI=1S/C10H21.C4H9.Zn/c1-6-9(5)10(7-2)8(3)4;1-4(2)3;/h9-10H,6-7H2,1-5H3;1-3H3;/q2*-1;+2. The normalized spacial score (nSPS) is 14.0. The maximum Gasteiger partial charge on any atom is 2.00 e. The molecule has 0 aromatic heterocycles. The Kier molecular flexibility index (Phi) is 17.7. The fraction of sp³-hybridized carbons (Fsp3) is 0.857. The minimum Gasteiger partial charge on any atom is -0.323 e. The van der Waals surface area contributed by atoms with Gasteiger partial charge >= 0.3 is 19.5 Å². The third kappa shape index (κ3) is 14.6. The summed E-state index contributed by atoms with van der Waals surface area (Å²) in [5.74, 6) is 4.73. The van der Waals surface area contributed by atoms with Gasteiger partial charge in [0.15, 0.2) is 0 Å². The van der Waals surface area contributed by atoms with E-state index >= 15 is 0 Å². The Morgan fingerprint density at radius 1 is 0.867 bits per heavy atom. The molecule has 88 valence electrons. The van der Waals surface area contributed by atoms with E-state index in [1.807, 2.05) is 0 Å². The summed E-state index contributed by atoms with van der Waals surface area (Å²) in [4.78, 5) is 0. The molecule has 0 saturated carbocycles. The van der Waals surface area contributed by atoms with Gasteiger partial charge in [-0.2, -0.15) is 40.5 Å². The van der Waals surface area contributed by atoms with Crippen LogP contribution >= 0.6 is 0 Å². The molecule has 0 fully saturated rings. The van der Waals surface area contributed by atoms with Crippen LogP contribution in [0.5, 0.6) is 0 Å². The van der Waals surface area contributed by atoms with Crippen LogP contribution in [0.4, 0.5) is 0 Å². The van der Waals surface area contributed by atoms with E-state index in [0.717, 1.165) is 11.8 Å². The smallest absolute Gasteiger partial charge is 0.323 e. The van der Waals surface area contributed by atoms with E-state index in [0.29, 0.717) is 0 Å². The molecule has 0 aromatic carbocycles. The molecule has 0 aliphatic heterocycles. The Hall–Kier alpha value is 0.623. The van der Waals surface area contributed by atoms with Gasteiger partial charge in [-0.1, -0.05) is 39.5 Å².